The number of rotatable bonds is 6. The molecule has 2 aliphatic rings. The SMILES string of the molecule is O=C(COC(=O)c1ccc(N2C(=O)[C@H]3C[C@H](c4ccccc4)CC[C@H]3C2=O)cc1)c1ccc(Cl)cc1. The molecule has 2 amide bonds. The van der Waals surface area contributed by atoms with Crippen molar-refractivity contribution in [3.63, 3.8) is 0 Å². The van der Waals surface area contributed by atoms with Gasteiger partial charge in [-0.3, -0.25) is 19.3 Å². The average molecular weight is 502 g/mol. The lowest BCUT2D eigenvalue weighted by molar-refractivity contribution is -0.122. The summed E-state index contributed by atoms with van der Waals surface area (Å²) in [6, 6.07) is 22.6. The van der Waals surface area contributed by atoms with Crippen LogP contribution in [0.25, 0.3) is 0 Å². The van der Waals surface area contributed by atoms with Crippen LogP contribution >= 0.6 is 11.6 Å². The molecule has 0 radical (unpaired) electrons. The number of ketones is 1. The van der Waals surface area contributed by atoms with E-state index in [1.807, 2.05) is 18.2 Å². The first-order chi connectivity index (χ1) is 17.4. The van der Waals surface area contributed by atoms with Crippen LogP contribution in [0.2, 0.25) is 5.02 Å². The van der Waals surface area contributed by atoms with Gasteiger partial charge >= 0.3 is 5.97 Å². The molecule has 1 saturated heterocycles. The summed E-state index contributed by atoms with van der Waals surface area (Å²) >= 11 is 5.83. The van der Waals surface area contributed by atoms with Crippen molar-refractivity contribution in [1.82, 2.24) is 0 Å². The number of hydrogen-bond donors (Lipinski definition) is 0. The normalized spacial score (nSPS) is 21.2. The van der Waals surface area contributed by atoms with E-state index in [4.69, 9.17) is 16.3 Å². The molecule has 7 heteroatoms. The van der Waals surface area contributed by atoms with Crippen molar-refractivity contribution in [2.45, 2.75) is 25.2 Å². The molecular weight excluding hydrogens is 478 g/mol. The third-order valence-electron chi connectivity index (χ3n) is 7.06. The van der Waals surface area contributed by atoms with Gasteiger partial charge in [0.2, 0.25) is 11.8 Å². The van der Waals surface area contributed by atoms with Crippen molar-refractivity contribution in [3.8, 4) is 0 Å². The van der Waals surface area contributed by atoms with Gasteiger partial charge in [0.05, 0.1) is 23.1 Å². The molecule has 1 aliphatic carbocycles. The highest BCUT2D eigenvalue weighted by Gasteiger charge is 2.50. The maximum Gasteiger partial charge on any atom is 0.338 e. The number of esters is 1. The molecule has 2 fully saturated rings. The zero-order chi connectivity index (χ0) is 25.2. The van der Waals surface area contributed by atoms with Crippen molar-refractivity contribution in [1.29, 1.82) is 0 Å². The topological polar surface area (TPSA) is 80.8 Å². The highest BCUT2D eigenvalue weighted by atomic mass is 35.5. The fourth-order valence-corrected chi connectivity index (χ4v) is 5.27. The van der Waals surface area contributed by atoms with Crippen LogP contribution in [-0.4, -0.2) is 30.2 Å². The van der Waals surface area contributed by atoms with Gasteiger partial charge in [0.25, 0.3) is 0 Å². The van der Waals surface area contributed by atoms with Gasteiger partial charge in [0.15, 0.2) is 12.4 Å². The molecule has 3 aromatic carbocycles. The van der Waals surface area contributed by atoms with Gasteiger partial charge in [-0.2, -0.15) is 0 Å². The van der Waals surface area contributed by atoms with Crippen LogP contribution in [-0.2, 0) is 14.3 Å². The first-order valence-electron chi connectivity index (χ1n) is 11.9. The minimum absolute atomic E-state index is 0.180. The van der Waals surface area contributed by atoms with Crippen LogP contribution in [0.5, 0.6) is 0 Å². The summed E-state index contributed by atoms with van der Waals surface area (Å²) in [4.78, 5) is 52.3. The van der Waals surface area contributed by atoms with E-state index in [9.17, 15) is 19.2 Å². The summed E-state index contributed by atoms with van der Waals surface area (Å²) in [6.45, 7) is -0.406. The molecule has 36 heavy (non-hydrogen) atoms. The van der Waals surface area contributed by atoms with Crippen LogP contribution in [0.4, 0.5) is 5.69 Å². The van der Waals surface area contributed by atoms with Gasteiger partial charge in [-0.25, -0.2) is 4.79 Å². The smallest absolute Gasteiger partial charge is 0.338 e. The first kappa shape index (κ1) is 23.9. The van der Waals surface area contributed by atoms with Gasteiger partial charge in [-0.1, -0.05) is 41.9 Å². The average Bonchev–Trinajstić information content (AvgIpc) is 3.17. The summed E-state index contributed by atoms with van der Waals surface area (Å²) in [7, 11) is 0. The molecule has 0 bridgehead atoms. The van der Waals surface area contributed by atoms with Crippen LogP contribution in [0.15, 0.2) is 78.9 Å². The number of benzene rings is 3. The second-order valence-corrected chi connectivity index (χ2v) is 9.64. The summed E-state index contributed by atoms with van der Waals surface area (Å²) in [5.41, 5.74) is 2.25. The Balaban J connectivity index is 1.23. The number of nitrogens with zero attached hydrogens (tertiary/aromatic N) is 1. The standard InChI is InChI=1S/C29H24ClNO5/c30-22-11-6-19(7-12-22)26(32)17-36-29(35)20-8-13-23(14-9-20)31-27(33)24-15-10-21(16-25(24)28(31)34)18-4-2-1-3-5-18/h1-9,11-14,21,24-25H,10,15-17H2/t21-,24-,25+/m1/s1. The van der Waals surface area contributed by atoms with Crippen LogP contribution in [0.1, 0.15) is 51.5 Å². The number of hydrogen-bond acceptors (Lipinski definition) is 5. The predicted octanol–water partition coefficient (Wildman–Crippen LogP) is 5.45. The van der Waals surface area contributed by atoms with E-state index in [1.54, 1.807) is 36.4 Å². The zero-order valence-electron chi connectivity index (χ0n) is 19.4. The Kier molecular flexibility index (Phi) is 6.70. The molecule has 3 atom stereocenters. The number of amides is 2. The summed E-state index contributed by atoms with van der Waals surface area (Å²) in [5, 5.41) is 0.508. The fourth-order valence-electron chi connectivity index (χ4n) is 5.14. The summed E-state index contributed by atoms with van der Waals surface area (Å²) in [5.74, 6) is -1.75. The largest absolute Gasteiger partial charge is 0.454 e. The minimum atomic E-state index is -0.665. The monoisotopic (exact) mass is 501 g/mol. The lowest BCUT2D eigenvalue weighted by Gasteiger charge is -2.28. The molecule has 1 saturated carbocycles. The Morgan fingerprint density at radius 3 is 2.14 bits per heavy atom. The number of imide groups is 1. The van der Waals surface area contributed by atoms with E-state index in [-0.39, 0.29) is 40.9 Å². The van der Waals surface area contributed by atoms with Crippen LogP contribution in [0, 0.1) is 11.8 Å². The lowest BCUT2D eigenvalue weighted by Crippen LogP contribution is -2.30. The highest BCUT2D eigenvalue weighted by Crippen LogP contribution is 2.45. The zero-order valence-corrected chi connectivity index (χ0v) is 20.2. The number of halogens is 1. The number of ether oxygens (including phenoxy) is 1. The highest BCUT2D eigenvalue weighted by molar-refractivity contribution is 6.30. The summed E-state index contributed by atoms with van der Waals surface area (Å²) in [6.07, 6.45) is 2.21. The molecule has 1 aliphatic heterocycles. The van der Waals surface area contributed by atoms with E-state index in [1.165, 1.54) is 22.6 Å². The van der Waals surface area contributed by atoms with Crippen LogP contribution < -0.4 is 4.90 Å². The predicted molar refractivity (Wildman–Crippen MR) is 135 cm³/mol. The van der Waals surface area contributed by atoms with E-state index < -0.39 is 12.6 Å². The van der Waals surface area contributed by atoms with E-state index in [0.29, 0.717) is 29.1 Å². The Labute approximate surface area is 213 Å². The third-order valence-corrected chi connectivity index (χ3v) is 7.31. The van der Waals surface area contributed by atoms with E-state index in [0.717, 1.165) is 6.42 Å². The van der Waals surface area contributed by atoms with E-state index >= 15 is 0 Å². The molecule has 3 aromatic rings. The minimum Gasteiger partial charge on any atom is -0.454 e. The number of carbonyl (C=O) groups excluding carboxylic acids is 4. The molecular formula is C29H24ClNO5. The van der Waals surface area contributed by atoms with Gasteiger partial charge in [-0.05, 0) is 79.3 Å². The molecule has 182 valence electrons. The second kappa shape index (κ2) is 10.1. The van der Waals surface area contributed by atoms with Crippen molar-refractivity contribution < 1.29 is 23.9 Å². The molecule has 0 N–H and O–H groups in total. The molecule has 0 spiro atoms. The van der Waals surface area contributed by atoms with Crippen molar-refractivity contribution in [2.24, 2.45) is 11.8 Å². The Morgan fingerprint density at radius 2 is 1.44 bits per heavy atom. The number of Topliss-reactive ketones (excluding diaryl/α,β-unsaturated/α-hetero) is 1. The molecule has 5 rings (SSSR count). The Morgan fingerprint density at radius 1 is 0.806 bits per heavy atom. The van der Waals surface area contributed by atoms with Gasteiger partial charge in [0.1, 0.15) is 0 Å². The number of carbonyl (C=O) groups is 4. The molecule has 0 unspecified atom stereocenters. The van der Waals surface area contributed by atoms with Crippen molar-refractivity contribution >= 4 is 40.9 Å². The van der Waals surface area contributed by atoms with Crippen molar-refractivity contribution in [2.75, 3.05) is 11.5 Å². The van der Waals surface area contributed by atoms with E-state index in [2.05, 4.69) is 12.1 Å². The van der Waals surface area contributed by atoms with Gasteiger partial charge in [0, 0.05) is 10.6 Å². The molecule has 0 aromatic heterocycles. The first-order valence-corrected chi connectivity index (χ1v) is 12.3. The number of fused-ring (bicyclic) bond motifs is 1. The molecule has 6 nitrogen and oxygen atoms in total. The maximum atomic E-state index is 13.2. The quantitative estimate of drug-likeness (QED) is 0.255. The third kappa shape index (κ3) is 4.69. The van der Waals surface area contributed by atoms with Crippen molar-refractivity contribution in [3.05, 3.63) is 101 Å². The fraction of sp³-hybridized carbons (Fsp3) is 0.241. The lowest BCUT2D eigenvalue weighted by atomic mass is 9.73. The van der Waals surface area contributed by atoms with Gasteiger partial charge in [-0.15, -0.1) is 0 Å². The summed E-state index contributed by atoms with van der Waals surface area (Å²) < 4.78 is 5.14. The Hall–Kier alpha value is -3.77. The second-order valence-electron chi connectivity index (χ2n) is 9.20. The maximum absolute atomic E-state index is 13.2. The van der Waals surface area contributed by atoms with Gasteiger partial charge < -0.3 is 4.74 Å². The Bertz CT molecular complexity index is 1300. The number of anilines is 1. The van der Waals surface area contributed by atoms with Crippen LogP contribution in [0.3, 0.4) is 0 Å². The molecule has 1 heterocycles.